The molecule has 0 atom stereocenters. The number of nitrogens with zero attached hydrogens (tertiary/aromatic N) is 1. The normalized spacial score (nSPS) is 10.3. The first-order valence-corrected chi connectivity index (χ1v) is 8.24. The number of aryl methyl sites for hydroxylation is 2. The van der Waals surface area contributed by atoms with Crippen molar-refractivity contribution in [1.29, 1.82) is 0 Å². The van der Waals surface area contributed by atoms with E-state index in [1.54, 1.807) is 6.20 Å². The van der Waals surface area contributed by atoms with E-state index in [-0.39, 0.29) is 5.91 Å². The Morgan fingerprint density at radius 3 is 2.44 bits per heavy atom. The van der Waals surface area contributed by atoms with Crippen LogP contribution in [0.25, 0.3) is 0 Å². The maximum Gasteiger partial charge on any atom is 0.255 e. The molecule has 1 amide bonds. The lowest BCUT2D eigenvalue weighted by molar-refractivity contribution is 0.102. The third kappa shape index (κ3) is 4.44. The van der Waals surface area contributed by atoms with Gasteiger partial charge in [0.15, 0.2) is 0 Å². The van der Waals surface area contributed by atoms with Crippen molar-refractivity contribution in [3.8, 4) is 0 Å². The Morgan fingerprint density at radius 1 is 0.960 bits per heavy atom. The lowest BCUT2D eigenvalue weighted by atomic mass is 10.1. The largest absolute Gasteiger partial charge is 0.366 e. The molecule has 3 aromatic rings. The fourth-order valence-electron chi connectivity index (χ4n) is 2.45. The molecule has 0 saturated carbocycles. The van der Waals surface area contributed by atoms with Crippen LogP contribution in [-0.4, -0.2) is 10.9 Å². The van der Waals surface area contributed by atoms with Crippen LogP contribution in [0.15, 0.2) is 66.9 Å². The summed E-state index contributed by atoms with van der Waals surface area (Å²) in [6.45, 7) is 4.74. The van der Waals surface area contributed by atoms with Gasteiger partial charge in [0.2, 0.25) is 0 Å². The molecule has 0 radical (unpaired) electrons. The number of nitrogens with one attached hydrogen (secondary N) is 2. The van der Waals surface area contributed by atoms with Crippen LogP contribution < -0.4 is 10.6 Å². The van der Waals surface area contributed by atoms with Crippen molar-refractivity contribution in [3.05, 3.63) is 89.1 Å². The Balaban J connectivity index is 1.60. The molecule has 4 heteroatoms. The summed E-state index contributed by atoms with van der Waals surface area (Å²) in [5.41, 5.74) is 4.79. The van der Waals surface area contributed by atoms with Gasteiger partial charge in [-0.05, 0) is 54.8 Å². The number of hydrogen-bond acceptors (Lipinski definition) is 3. The zero-order valence-electron chi connectivity index (χ0n) is 14.4. The summed E-state index contributed by atoms with van der Waals surface area (Å²) in [4.78, 5) is 16.7. The Bertz CT molecular complexity index is 858. The smallest absolute Gasteiger partial charge is 0.255 e. The fraction of sp³-hybridized carbons (Fsp3) is 0.143. The zero-order valence-corrected chi connectivity index (χ0v) is 14.4. The van der Waals surface area contributed by atoms with Crippen LogP contribution in [0.5, 0.6) is 0 Å². The second-order valence-electron chi connectivity index (χ2n) is 6.02. The van der Waals surface area contributed by atoms with Gasteiger partial charge in [-0.25, -0.2) is 4.98 Å². The second kappa shape index (κ2) is 7.62. The minimum atomic E-state index is -0.130. The highest BCUT2D eigenvalue weighted by Crippen LogP contribution is 2.14. The predicted octanol–water partition coefficient (Wildman–Crippen LogP) is 4.56. The molecule has 25 heavy (non-hydrogen) atoms. The Kier molecular flexibility index (Phi) is 5.09. The number of anilines is 2. The molecule has 0 bridgehead atoms. The van der Waals surface area contributed by atoms with Gasteiger partial charge in [-0.3, -0.25) is 4.79 Å². The Hall–Kier alpha value is -3.14. The quantitative estimate of drug-likeness (QED) is 0.720. The molecule has 0 fully saturated rings. The molecule has 126 valence electrons. The van der Waals surface area contributed by atoms with Crippen molar-refractivity contribution in [3.63, 3.8) is 0 Å². The molecular formula is C21H21N3O. The van der Waals surface area contributed by atoms with Gasteiger partial charge in [-0.15, -0.1) is 0 Å². The summed E-state index contributed by atoms with van der Waals surface area (Å²) in [6, 6.07) is 19.5. The van der Waals surface area contributed by atoms with Crippen LogP contribution >= 0.6 is 0 Å². The summed E-state index contributed by atoms with van der Waals surface area (Å²) in [6.07, 6.45) is 1.66. The van der Waals surface area contributed by atoms with E-state index in [2.05, 4.69) is 27.8 Å². The van der Waals surface area contributed by atoms with E-state index in [1.165, 1.54) is 11.1 Å². The maximum atomic E-state index is 12.3. The fourth-order valence-corrected chi connectivity index (χ4v) is 2.45. The van der Waals surface area contributed by atoms with Crippen molar-refractivity contribution < 1.29 is 4.79 Å². The third-order valence-corrected chi connectivity index (χ3v) is 4.11. The van der Waals surface area contributed by atoms with E-state index >= 15 is 0 Å². The molecule has 3 rings (SSSR count). The van der Waals surface area contributed by atoms with Gasteiger partial charge in [0.05, 0.1) is 11.9 Å². The second-order valence-corrected chi connectivity index (χ2v) is 6.02. The summed E-state index contributed by atoms with van der Waals surface area (Å²) in [7, 11) is 0. The molecule has 1 aromatic heterocycles. The lowest BCUT2D eigenvalue weighted by Gasteiger charge is -2.09. The average molecular weight is 331 g/mol. The Labute approximate surface area is 147 Å². The van der Waals surface area contributed by atoms with Crippen LogP contribution in [0, 0.1) is 13.8 Å². The topological polar surface area (TPSA) is 54.0 Å². The van der Waals surface area contributed by atoms with Crippen LogP contribution in [0.2, 0.25) is 0 Å². The first kappa shape index (κ1) is 16.7. The highest BCUT2D eigenvalue weighted by atomic mass is 16.1. The predicted molar refractivity (Wildman–Crippen MR) is 102 cm³/mol. The molecule has 1 heterocycles. The van der Waals surface area contributed by atoms with Crippen molar-refractivity contribution in [2.75, 3.05) is 10.6 Å². The molecule has 0 aliphatic heterocycles. The average Bonchev–Trinajstić information content (AvgIpc) is 2.64. The van der Waals surface area contributed by atoms with Gasteiger partial charge in [0.1, 0.15) is 5.82 Å². The van der Waals surface area contributed by atoms with E-state index in [0.717, 1.165) is 11.4 Å². The maximum absolute atomic E-state index is 12.3. The highest BCUT2D eigenvalue weighted by molar-refractivity contribution is 6.04. The first-order valence-electron chi connectivity index (χ1n) is 8.24. The standard InChI is InChI=1S/C21H21N3O/c1-15-8-9-18(12-16(15)2)21(25)24-19-10-11-20(23-14-19)22-13-17-6-4-3-5-7-17/h3-12,14H,13H2,1-2H3,(H,22,23)(H,24,25). The van der Waals surface area contributed by atoms with Crippen LogP contribution in [0.3, 0.4) is 0 Å². The molecule has 0 saturated heterocycles. The minimum absolute atomic E-state index is 0.130. The number of carbonyl (C=O) groups excluding carboxylic acids is 1. The lowest BCUT2D eigenvalue weighted by Crippen LogP contribution is -2.12. The Morgan fingerprint density at radius 2 is 1.76 bits per heavy atom. The van der Waals surface area contributed by atoms with Crippen molar-refractivity contribution in [2.45, 2.75) is 20.4 Å². The van der Waals surface area contributed by atoms with Gasteiger partial charge in [-0.1, -0.05) is 36.4 Å². The highest BCUT2D eigenvalue weighted by Gasteiger charge is 2.07. The van der Waals surface area contributed by atoms with Crippen LogP contribution in [0.1, 0.15) is 27.0 Å². The number of carbonyl (C=O) groups is 1. The number of hydrogen-bond donors (Lipinski definition) is 2. The van der Waals surface area contributed by atoms with E-state index in [0.29, 0.717) is 17.8 Å². The molecule has 0 aliphatic rings. The first-order chi connectivity index (χ1) is 12.1. The van der Waals surface area contributed by atoms with Gasteiger partial charge in [0.25, 0.3) is 5.91 Å². The molecule has 4 nitrogen and oxygen atoms in total. The molecule has 0 aliphatic carbocycles. The summed E-state index contributed by atoms with van der Waals surface area (Å²) in [5.74, 6) is 0.642. The summed E-state index contributed by atoms with van der Waals surface area (Å²) in [5, 5.41) is 6.14. The van der Waals surface area contributed by atoms with E-state index in [9.17, 15) is 4.79 Å². The number of aromatic nitrogens is 1. The van der Waals surface area contributed by atoms with E-state index in [4.69, 9.17) is 0 Å². The molecule has 0 spiro atoms. The van der Waals surface area contributed by atoms with Crippen LogP contribution in [0.4, 0.5) is 11.5 Å². The SMILES string of the molecule is Cc1ccc(C(=O)Nc2ccc(NCc3ccccc3)nc2)cc1C. The van der Waals surface area contributed by atoms with Crippen molar-refractivity contribution in [2.24, 2.45) is 0 Å². The monoisotopic (exact) mass is 331 g/mol. The van der Waals surface area contributed by atoms with Gasteiger partial charge in [0, 0.05) is 12.1 Å². The number of pyridine rings is 1. The zero-order chi connectivity index (χ0) is 17.6. The van der Waals surface area contributed by atoms with Crippen molar-refractivity contribution in [1.82, 2.24) is 4.98 Å². The molecular weight excluding hydrogens is 310 g/mol. The number of rotatable bonds is 5. The minimum Gasteiger partial charge on any atom is -0.366 e. The van der Waals surface area contributed by atoms with Crippen LogP contribution in [-0.2, 0) is 6.54 Å². The van der Waals surface area contributed by atoms with E-state index < -0.39 is 0 Å². The molecule has 2 aromatic carbocycles. The van der Waals surface area contributed by atoms with E-state index in [1.807, 2.05) is 62.4 Å². The molecule has 2 N–H and O–H groups in total. The van der Waals surface area contributed by atoms with Gasteiger partial charge >= 0.3 is 0 Å². The number of amides is 1. The third-order valence-electron chi connectivity index (χ3n) is 4.11. The number of benzene rings is 2. The molecule has 0 unspecified atom stereocenters. The summed E-state index contributed by atoms with van der Waals surface area (Å²) >= 11 is 0. The van der Waals surface area contributed by atoms with Gasteiger partial charge < -0.3 is 10.6 Å². The summed E-state index contributed by atoms with van der Waals surface area (Å²) < 4.78 is 0. The van der Waals surface area contributed by atoms with Crippen molar-refractivity contribution >= 4 is 17.4 Å². The van der Waals surface area contributed by atoms with Gasteiger partial charge in [-0.2, -0.15) is 0 Å².